The monoisotopic (exact) mass is 464 g/mol. The first kappa shape index (κ1) is 24.1. The minimum absolute atomic E-state index is 0.00579. The summed E-state index contributed by atoms with van der Waals surface area (Å²) in [4.78, 5) is 19.5. The van der Waals surface area contributed by atoms with E-state index in [0.29, 0.717) is 18.3 Å². The number of likely N-dealkylation sites (tertiary alicyclic amines) is 1. The lowest BCUT2D eigenvalue weighted by atomic mass is 9.79. The summed E-state index contributed by atoms with van der Waals surface area (Å²) in [7, 11) is 0. The molecular weight excluding hydrogens is 431 g/mol. The number of hydrogen-bond donors (Lipinski definition) is 1. The molecule has 34 heavy (non-hydrogen) atoms. The highest BCUT2D eigenvalue weighted by Gasteiger charge is 2.29. The second-order valence-corrected chi connectivity index (χ2v) is 9.93. The fraction of sp³-hybridized carbons (Fsp3) is 0.444. The topological polar surface area (TPSA) is 71.3 Å². The van der Waals surface area contributed by atoms with Crippen molar-refractivity contribution in [1.29, 1.82) is 0 Å². The van der Waals surface area contributed by atoms with Gasteiger partial charge in [0.1, 0.15) is 5.82 Å². The summed E-state index contributed by atoms with van der Waals surface area (Å²) in [6, 6.07) is 16.6. The van der Waals surface area contributed by atoms with Gasteiger partial charge < -0.3 is 9.84 Å². The third-order valence-corrected chi connectivity index (χ3v) is 6.65. The minimum atomic E-state index is -0.298. The molecule has 2 aromatic carbocycles. The van der Waals surface area contributed by atoms with Crippen molar-refractivity contribution in [3.63, 3.8) is 0 Å². The zero-order valence-electron chi connectivity index (χ0n) is 20.1. The molecule has 1 aromatic heterocycles. The van der Waals surface area contributed by atoms with Gasteiger partial charge in [-0.15, -0.1) is 0 Å². The van der Waals surface area contributed by atoms with Crippen LogP contribution in [0.3, 0.4) is 0 Å². The molecule has 0 saturated carbocycles. The van der Waals surface area contributed by atoms with Crippen molar-refractivity contribution in [2.75, 3.05) is 13.1 Å². The first-order valence-corrected chi connectivity index (χ1v) is 12.0. The van der Waals surface area contributed by atoms with Crippen molar-refractivity contribution in [2.45, 2.75) is 58.0 Å². The van der Waals surface area contributed by atoms with E-state index in [1.165, 1.54) is 17.7 Å². The highest BCUT2D eigenvalue weighted by molar-refractivity contribution is 5.79. The SMILES string of the molecule is CC(CC(C)(C)c1ccccc1)NC(=O)C1CCN(Cc2nc(-c3ccc(F)cc3)no2)CC1. The molecule has 180 valence electrons. The van der Waals surface area contributed by atoms with Crippen LogP contribution in [-0.4, -0.2) is 40.1 Å². The van der Waals surface area contributed by atoms with Crippen LogP contribution in [0.25, 0.3) is 11.4 Å². The van der Waals surface area contributed by atoms with E-state index in [0.717, 1.165) is 37.9 Å². The summed E-state index contributed by atoms with van der Waals surface area (Å²) >= 11 is 0. The van der Waals surface area contributed by atoms with Crippen LogP contribution in [0.2, 0.25) is 0 Å². The molecule has 1 atom stereocenters. The van der Waals surface area contributed by atoms with E-state index in [1.54, 1.807) is 12.1 Å². The molecule has 0 radical (unpaired) electrons. The van der Waals surface area contributed by atoms with Gasteiger partial charge in [0.25, 0.3) is 0 Å². The number of halogens is 1. The van der Waals surface area contributed by atoms with Gasteiger partial charge in [0.15, 0.2) is 0 Å². The summed E-state index contributed by atoms with van der Waals surface area (Å²) in [5, 5.41) is 7.25. The van der Waals surface area contributed by atoms with Crippen LogP contribution in [0.5, 0.6) is 0 Å². The van der Waals surface area contributed by atoms with Crippen molar-refractivity contribution >= 4 is 5.91 Å². The first-order valence-electron chi connectivity index (χ1n) is 12.0. The molecule has 0 aliphatic carbocycles. The molecule has 1 saturated heterocycles. The van der Waals surface area contributed by atoms with Gasteiger partial charge in [-0.25, -0.2) is 4.39 Å². The van der Waals surface area contributed by atoms with E-state index in [9.17, 15) is 9.18 Å². The van der Waals surface area contributed by atoms with Gasteiger partial charge in [-0.05, 0) is 74.5 Å². The van der Waals surface area contributed by atoms with Gasteiger partial charge in [-0.2, -0.15) is 4.98 Å². The lowest BCUT2D eigenvalue weighted by Crippen LogP contribution is -2.44. The van der Waals surface area contributed by atoms with Crippen LogP contribution >= 0.6 is 0 Å². The van der Waals surface area contributed by atoms with Crippen molar-refractivity contribution in [2.24, 2.45) is 5.92 Å². The Labute approximate surface area is 200 Å². The Hall–Kier alpha value is -3.06. The van der Waals surface area contributed by atoms with E-state index < -0.39 is 0 Å². The number of hydrogen-bond acceptors (Lipinski definition) is 5. The third kappa shape index (κ3) is 6.08. The Kier molecular flexibility index (Phi) is 7.41. The predicted octanol–water partition coefficient (Wildman–Crippen LogP) is 4.96. The minimum Gasteiger partial charge on any atom is -0.353 e. The van der Waals surface area contributed by atoms with E-state index in [1.807, 2.05) is 6.07 Å². The normalized spacial score (nSPS) is 16.4. The Balaban J connectivity index is 1.23. The smallest absolute Gasteiger partial charge is 0.241 e. The molecular formula is C27H33FN4O2. The number of rotatable bonds is 8. The summed E-state index contributed by atoms with van der Waals surface area (Å²) in [5.41, 5.74) is 2.00. The second-order valence-electron chi connectivity index (χ2n) is 9.93. The quantitative estimate of drug-likeness (QED) is 0.510. The summed E-state index contributed by atoms with van der Waals surface area (Å²) in [6.07, 6.45) is 2.49. The first-order chi connectivity index (χ1) is 16.3. The second kappa shape index (κ2) is 10.5. The highest BCUT2D eigenvalue weighted by atomic mass is 19.1. The fourth-order valence-electron chi connectivity index (χ4n) is 4.76. The van der Waals surface area contributed by atoms with Gasteiger partial charge in [0, 0.05) is 17.5 Å². The summed E-state index contributed by atoms with van der Waals surface area (Å²) in [5.74, 6) is 0.854. The van der Waals surface area contributed by atoms with Crippen LogP contribution in [0.15, 0.2) is 59.1 Å². The Morgan fingerprint density at radius 1 is 1.15 bits per heavy atom. The van der Waals surface area contributed by atoms with Crippen molar-refractivity contribution in [1.82, 2.24) is 20.4 Å². The molecule has 0 bridgehead atoms. The molecule has 1 amide bonds. The van der Waals surface area contributed by atoms with Crippen molar-refractivity contribution < 1.29 is 13.7 Å². The van der Waals surface area contributed by atoms with Crippen molar-refractivity contribution in [3.8, 4) is 11.4 Å². The maximum absolute atomic E-state index is 13.1. The number of benzene rings is 2. The van der Waals surface area contributed by atoms with E-state index in [2.05, 4.69) is 65.4 Å². The molecule has 0 spiro atoms. The third-order valence-electron chi connectivity index (χ3n) is 6.65. The number of aromatic nitrogens is 2. The Morgan fingerprint density at radius 2 is 1.82 bits per heavy atom. The van der Waals surface area contributed by atoms with Gasteiger partial charge >= 0.3 is 0 Å². The zero-order valence-corrected chi connectivity index (χ0v) is 20.1. The molecule has 3 aromatic rings. The molecule has 1 fully saturated rings. The maximum atomic E-state index is 13.1. The standard InChI is InChI=1S/C27H33FN4O2/c1-19(17-27(2,3)22-7-5-4-6-8-22)29-26(33)21-13-15-32(16-14-21)18-24-30-25(31-34-24)20-9-11-23(28)12-10-20/h4-12,19,21H,13-18H2,1-3H3,(H,29,33). The average Bonchev–Trinajstić information content (AvgIpc) is 3.28. The molecule has 1 aliphatic rings. The van der Waals surface area contributed by atoms with Crippen LogP contribution in [-0.2, 0) is 16.8 Å². The number of carbonyl (C=O) groups is 1. The summed E-state index contributed by atoms with van der Waals surface area (Å²) < 4.78 is 18.5. The van der Waals surface area contributed by atoms with E-state index in [-0.39, 0.29) is 29.1 Å². The molecule has 1 aliphatic heterocycles. The van der Waals surface area contributed by atoms with E-state index >= 15 is 0 Å². The Bertz CT molecular complexity index is 1070. The van der Waals surface area contributed by atoms with Gasteiger partial charge in [-0.1, -0.05) is 49.3 Å². The maximum Gasteiger partial charge on any atom is 0.241 e. The number of nitrogens with zero attached hydrogens (tertiary/aromatic N) is 3. The lowest BCUT2D eigenvalue weighted by Gasteiger charge is -2.32. The van der Waals surface area contributed by atoms with Crippen LogP contribution in [0.1, 0.15) is 51.5 Å². The predicted molar refractivity (Wildman–Crippen MR) is 129 cm³/mol. The number of amides is 1. The largest absolute Gasteiger partial charge is 0.353 e. The van der Waals surface area contributed by atoms with E-state index in [4.69, 9.17) is 4.52 Å². The average molecular weight is 465 g/mol. The summed E-state index contributed by atoms with van der Waals surface area (Å²) in [6.45, 7) is 8.69. The molecule has 7 heteroatoms. The van der Waals surface area contributed by atoms with Crippen molar-refractivity contribution in [3.05, 3.63) is 71.9 Å². The number of carbonyl (C=O) groups excluding carboxylic acids is 1. The van der Waals surface area contributed by atoms with Crippen LogP contribution in [0.4, 0.5) is 4.39 Å². The Morgan fingerprint density at radius 3 is 2.50 bits per heavy atom. The molecule has 1 N–H and O–H groups in total. The molecule has 1 unspecified atom stereocenters. The zero-order chi connectivity index (χ0) is 24.1. The van der Waals surface area contributed by atoms with Gasteiger partial charge in [0.2, 0.25) is 17.6 Å². The molecule has 2 heterocycles. The molecule has 6 nitrogen and oxygen atoms in total. The van der Waals surface area contributed by atoms with Gasteiger partial charge in [-0.3, -0.25) is 9.69 Å². The lowest BCUT2D eigenvalue weighted by molar-refractivity contribution is -0.127. The van der Waals surface area contributed by atoms with Crippen LogP contribution < -0.4 is 5.32 Å². The fourth-order valence-corrected chi connectivity index (χ4v) is 4.76. The number of nitrogens with one attached hydrogen (secondary N) is 1. The highest BCUT2D eigenvalue weighted by Crippen LogP contribution is 2.28. The molecule has 4 rings (SSSR count). The van der Waals surface area contributed by atoms with Gasteiger partial charge in [0.05, 0.1) is 6.54 Å². The number of piperidine rings is 1. The van der Waals surface area contributed by atoms with Crippen LogP contribution in [0, 0.1) is 11.7 Å².